The van der Waals surface area contributed by atoms with Crippen molar-refractivity contribution in [2.45, 2.75) is 13.0 Å². The minimum absolute atomic E-state index is 0.157. The fraction of sp³-hybridized carbons (Fsp3) is 0.0769. The molecule has 1 amide bonds. The summed E-state index contributed by atoms with van der Waals surface area (Å²) < 4.78 is 6.23. The Morgan fingerprint density at radius 2 is 1.40 bits per heavy atom. The van der Waals surface area contributed by atoms with Crippen LogP contribution in [0.25, 0.3) is 0 Å². The summed E-state index contributed by atoms with van der Waals surface area (Å²) in [5.74, 6) is 0.330. The summed E-state index contributed by atoms with van der Waals surface area (Å²) >= 11 is 0. The van der Waals surface area contributed by atoms with Crippen molar-refractivity contribution in [1.29, 1.82) is 0 Å². The van der Waals surface area contributed by atoms with E-state index in [9.17, 15) is 4.79 Å². The number of nitrogens with one attached hydrogen (secondary N) is 1. The average Bonchev–Trinajstić information content (AvgIpc) is 2.80. The van der Waals surface area contributed by atoms with Gasteiger partial charge in [0, 0.05) is 11.6 Å². The lowest BCUT2D eigenvalue weighted by atomic mass is 10.0. The second-order valence-corrected chi connectivity index (χ2v) is 6.97. The van der Waals surface area contributed by atoms with Crippen LogP contribution in [0.15, 0.2) is 103 Å². The van der Waals surface area contributed by atoms with Crippen molar-refractivity contribution in [3.63, 3.8) is 0 Å². The van der Waals surface area contributed by atoms with Crippen LogP contribution >= 0.6 is 0 Å². The molecule has 0 aliphatic carbocycles. The van der Waals surface area contributed by atoms with Crippen LogP contribution in [0.3, 0.4) is 0 Å². The highest BCUT2D eigenvalue weighted by Crippen LogP contribution is 2.27. The summed E-state index contributed by atoms with van der Waals surface area (Å²) in [4.78, 5) is 16.9. The molecule has 1 N–H and O–H groups in total. The first-order chi connectivity index (χ1) is 14.7. The van der Waals surface area contributed by atoms with Crippen LogP contribution in [0.1, 0.15) is 33.2 Å². The van der Waals surface area contributed by atoms with Gasteiger partial charge in [0.25, 0.3) is 5.91 Å². The van der Waals surface area contributed by atoms with Gasteiger partial charge in [-0.1, -0.05) is 78.9 Å². The molecular weight excluding hydrogens is 372 g/mol. The summed E-state index contributed by atoms with van der Waals surface area (Å²) in [6.07, 6.45) is 1.34. The summed E-state index contributed by atoms with van der Waals surface area (Å²) in [5, 5.41) is 2.89. The standard InChI is InChI=1S/C26H22N2O2/c1-19-10-8-9-15-23(19)26(29)28-22-16-17-24(27-18-22)30-25(20-11-4-2-5-12-20)21-13-6-3-7-14-21/h2-18,25H,1H3,(H,28,29). The van der Waals surface area contributed by atoms with Crippen molar-refractivity contribution in [1.82, 2.24) is 4.98 Å². The van der Waals surface area contributed by atoms with Gasteiger partial charge in [-0.15, -0.1) is 0 Å². The molecule has 0 saturated carbocycles. The average molecular weight is 394 g/mol. The lowest BCUT2D eigenvalue weighted by Gasteiger charge is -2.19. The predicted molar refractivity (Wildman–Crippen MR) is 119 cm³/mol. The van der Waals surface area contributed by atoms with Gasteiger partial charge in [-0.2, -0.15) is 0 Å². The number of anilines is 1. The second-order valence-electron chi connectivity index (χ2n) is 6.97. The third kappa shape index (κ3) is 4.55. The molecule has 4 nitrogen and oxygen atoms in total. The molecule has 0 aliphatic heterocycles. The minimum atomic E-state index is -0.271. The van der Waals surface area contributed by atoms with Gasteiger partial charge in [0.05, 0.1) is 11.9 Å². The van der Waals surface area contributed by atoms with Crippen molar-refractivity contribution in [2.75, 3.05) is 5.32 Å². The van der Waals surface area contributed by atoms with E-state index in [0.717, 1.165) is 16.7 Å². The van der Waals surface area contributed by atoms with Gasteiger partial charge in [-0.25, -0.2) is 4.98 Å². The molecule has 0 atom stereocenters. The molecule has 4 heteroatoms. The smallest absolute Gasteiger partial charge is 0.255 e. The second kappa shape index (κ2) is 9.05. The van der Waals surface area contributed by atoms with Gasteiger partial charge in [-0.05, 0) is 35.7 Å². The Labute approximate surface area is 176 Å². The predicted octanol–water partition coefficient (Wildman–Crippen LogP) is 5.81. The normalized spacial score (nSPS) is 10.6. The number of ether oxygens (including phenoxy) is 1. The van der Waals surface area contributed by atoms with Gasteiger partial charge in [-0.3, -0.25) is 4.79 Å². The summed E-state index contributed by atoms with van der Waals surface area (Å²) in [5.41, 5.74) is 4.28. The van der Waals surface area contributed by atoms with Gasteiger partial charge < -0.3 is 10.1 Å². The lowest BCUT2D eigenvalue weighted by molar-refractivity contribution is 0.102. The quantitative estimate of drug-likeness (QED) is 0.449. The number of hydrogen-bond acceptors (Lipinski definition) is 3. The van der Waals surface area contributed by atoms with E-state index in [2.05, 4.69) is 10.3 Å². The molecular formula is C26H22N2O2. The number of aromatic nitrogens is 1. The van der Waals surface area contributed by atoms with E-state index in [1.807, 2.05) is 85.8 Å². The Bertz CT molecular complexity index is 1070. The highest BCUT2D eigenvalue weighted by atomic mass is 16.5. The van der Waals surface area contributed by atoms with Crippen LogP contribution in [0, 0.1) is 6.92 Å². The van der Waals surface area contributed by atoms with Crippen molar-refractivity contribution in [2.24, 2.45) is 0 Å². The number of rotatable bonds is 6. The lowest BCUT2D eigenvalue weighted by Crippen LogP contribution is -2.14. The summed E-state index contributed by atoms with van der Waals surface area (Å²) in [7, 11) is 0. The van der Waals surface area contributed by atoms with Crippen molar-refractivity contribution in [3.05, 3.63) is 126 Å². The van der Waals surface area contributed by atoms with E-state index in [4.69, 9.17) is 4.74 Å². The van der Waals surface area contributed by atoms with Gasteiger partial charge in [0.2, 0.25) is 5.88 Å². The molecule has 0 fully saturated rings. The van der Waals surface area contributed by atoms with Gasteiger partial charge in [0.1, 0.15) is 0 Å². The topological polar surface area (TPSA) is 51.2 Å². The third-order valence-electron chi connectivity index (χ3n) is 4.83. The van der Waals surface area contributed by atoms with E-state index in [0.29, 0.717) is 17.1 Å². The van der Waals surface area contributed by atoms with Crippen molar-refractivity contribution >= 4 is 11.6 Å². The fourth-order valence-corrected chi connectivity index (χ4v) is 3.25. The monoisotopic (exact) mass is 394 g/mol. The van der Waals surface area contributed by atoms with Crippen LogP contribution in [-0.2, 0) is 0 Å². The summed E-state index contributed by atoms with van der Waals surface area (Å²) in [6, 6.07) is 31.1. The van der Waals surface area contributed by atoms with Crippen molar-refractivity contribution in [3.8, 4) is 5.88 Å². The van der Waals surface area contributed by atoms with Crippen LogP contribution < -0.4 is 10.1 Å². The Hall–Kier alpha value is -3.92. The molecule has 3 aromatic carbocycles. The maximum absolute atomic E-state index is 12.5. The van der Waals surface area contributed by atoms with Gasteiger partial charge in [0.15, 0.2) is 6.10 Å². The fourth-order valence-electron chi connectivity index (χ4n) is 3.25. The van der Waals surface area contributed by atoms with E-state index in [1.165, 1.54) is 0 Å². The Balaban J connectivity index is 1.51. The molecule has 4 rings (SSSR count). The van der Waals surface area contributed by atoms with Gasteiger partial charge >= 0.3 is 0 Å². The number of carbonyl (C=O) groups excluding carboxylic acids is 1. The summed E-state index contributed by atoms with van der Waals surface area (Å²) in [6.45, 7) is 1.91. The maximum Gasteiger partial charge on any atom is 0.255 e. The molecule has 1 heterocycles. The van der Waals surface area contributed by atoms with E-state index < -0.39 is 0 Å². The Morgan fingerprint density at radius 1 is 0.800 bits per heavy atom. The van der Waals surface area contributed by atoms with Crippen LogP contribution in [0.4, 0.5) is 5.69 Å². The number of pyridine rings is 1. The molecule has 0 radical (unpaired) electrons. The van der Waals surface area contributed by atoms with Crippen LogP contribution in [-0.4, -0.2) is 10.9 Å². The highest BCUT2D eigenvalue weighted by molar-refractivity contribution is 6.05. The number of nitrogens with zero attached hydrogens (tertiary/aromatic N) is 1. The molecule has 0 unspecified atom stereocenters. The number of benzene rings is 3. The minimum Gasteiger partial charge on any atom is -0.465 e. The number of amides is 1. The highest BCUT2D eigenvalue weighted by Gasteiger charge is 2.16. The third-order valence-corrected chi connectivity index (χ3v) is 4.83. The zero-order chi connectivity index (χ0) is 20.8. The van der Waals surface area contributed by atoms with Crippen molar-refractivity contribution < 1.29 is 9.53 Å². The first kappa shape index (κ1) is 19.4. The van der Waals surface area contributed by atoms with Crippen LogP contribution in [0.2, 0.25) is 0 Å². The number of aryl methyl sites for hydroxylation is 1. The van der Waals surface area contributed by atoms with E-state index in [1.54, 1.807) is 24.4 Å². The molecule has 1 aromatic heterocycles. The SMILES string of the molecule is Cc1ccccc1C(=O)Nc1ccc(OC(c2ccccc2)c2ccccc2)nc1. The number of hydrogen-bond donors (Lipinski definition) is 1. The first-order valence-electron chi connectivity index (χ1n) is 9.80. The molecule has 0 spiro atoms. The first-order valence-corrected chi connectivity index (χ1v) is 9.80. The Kier molecular flexibility index (Phi) is 5.85. The molecule has 148 valence electrons. The van der Waals surface area contributed by atoms with E-state index >= 15 is 0 Å². The molecule has 30 heavy (non-hydrogen) atoms. The molecule has 0 bridgehead atoms. The largest absolute Gasteiger partial charge is 0.465 e. The van der Waals surface area contributed by atoms with Crippen LogP contribution in [0.5, 0.6) is 5.88 Å². The van der Waals surface area contributed by atoms with E-state index in [-0.39, 0.29) is 12.0 Å². The molecule has 4 aromatic rings. The Morgan fingerprint density at radius 3 is 1.97 bits per heavy atom. The maximum atomic E-state index is 12.5. The zero-order valence-corrected chi connectivity index (χ0v) is 16.7. The molecule has 0 saturated heterocycles. The molecule has 0 aliphatic rings. The zero-order valence-electron chi connectivity index (χ0n) is 16.7. The number of carbonyl (C=O) groups is 1.